The van der Waals surface area contributed by atoms with Crippen LogP contribution in [0.2, 0.25) is 0 Å². The minimum absolute atomic E-state index is 0.0969. The number of benzene rings is 1. The van der Waals surface area contributed by atoms with E-state index in [0.29, 0.717) is 25.5 Å². The fourth-order valence-electron chi connectivity index (χ4n) is 3.81. The molecule has 1 saturated carbocycles. The first kappa shape index (κ1) is 17.7. The Hall–Kier alpha value is -2.70. The highest BCUT2D eigenvalue weighted by Crippen LogP contribution is 2.35. The lowest BCUT2D eigenvalue weighted by atomic mass is 9.96. The first-order chi connectivity index (χ1) is 13.2. The summed E-state index contributed by atoms with van der Waals surface area (Å²) in [6.45, 7) is 1.55. The number of carbonyl (C=O) groups excluding carboxylic acids is 1. The third-order valence-corrected chi connectivity index (χ3v) is 5.29. The predicted molar refractivity (Wildman–Crippen MR) is 98.9 cm³/mol. The molecular weight excluding hydrogens is 346 g/mol. The van der Waals surface area contributed by atoms with E-state index in [4.69, 9.17) is 13.9 Å². The van der Waals surface area contributed by atoms with E-state index < -0.39 is 0 Å². The van der Waals surface area contributed by atoms with Gasteiger partial charge in [0.1, 0.15) is 6.26 Å². The van der Waals surface area contributed by atoms with Crippen molar-refractivity contribution in [1.82, 2.24) is 15.2 Å². The number of carbonyl (C=O) groups is 1. The molecule has 0 spiro atoms. The quantitative estimate of drug-likeness (QED) is 0.843. The smallest absolute Gasteiger partial charge is 0.317 e. The second-order valence-electron chi connectivity index (χ2n) is 7.12. The number of nitrogens with one attached hydrogen (secondary N) is 1. The third-order valence-electron chi connectivity index (χ3n) is 5.29. The summed E-state index contributed by atoms with van der Waals surface area (Å²) in [5.74, 6) is 2.24. The summed E-state index contributed by atoms with van der Waals surface area (Å²) in [6.07, 6.45) is 8.00. The maximum absolute atomic E-state index is 12.2. The third kappa shape index (κ3) is 4.02. The van der Waals surface area contributed by atoms with E-state index in [0.717, 1.165) is 29.9 Å². The average Bonchev–Trinajstić information content (AvgIpc) is 3.38. The number of rotatable bonds is 6. The van der Waals surface area contributed by atoms with Crippen LogP contribution in [0.25, 0.3) is 0 Å². The minimum Gasteiger partial charge on any atom is -0.493 e. The molecule has 2 fully saturated rings. The van der Waals surface area contributed by atoms with Crippen molar-refractivity contribution in [2.75, 3.05) is 20.2 Å². The Kier molecular flexibility index (Phi) is 5.18. The molecular formula is C20H25N3O4. The van der Waals surface area contributed by atoms with Crippen molar-refractivity contribution in [2.24, 2.45) is 0 Å². The molecule has 0 bridgehead atoms. The van der Waals surface area contributed by atoms with E-state index in [1.807, 2.05) is 12.1 Å². The number of nitrogens with zero attached hydrogens (tertiary/aromatic N) is 2. The molecule has 1 saturated heterocycles. The average molecular weight is 371 g/mol. The van der Waals surface area contributed by atoms with Crippen LogP contribution in [0.15, 0.2) is 35.1 Å². The van der Waals surface area contributed by atoms with Crippen LogP contribution in [0.4, 0.5) is 4.79 Å². The minimum atomic E-state index is -0.0969. The van der Waals surface area contributed by atoms with Crippen molar-refractivity contribution in [3.63, 3.8) is 0 Å². The maximum atomic E-state index is 12.2. The highest BCUT2D eigenvalue weighted by molar-refractivity contribution is 5.75. The van der Waals surface area contributed by atoms with Crippen molar-refractivity contribution < 1.29 is 18.7 Å². The van der Waals surface area contributed by atoms with Crippen LogP contribution in [0.5, 0.6) is 11.5 Å². The predicted octanol–water partition coefficient (Wildman–Crippen LogP) is 3.31. The van der Waals surface area contributed by atoms with Gasteiger partial charge in [0, 0.05) is 19.0 Å². The summed E-state index contributed by atoms with van der Waals surface area (Å²) in [4.78, 5) is 18.0. The summed E-state index contributed by atoms with van der Waals surface area (Å²) in [5.41, 5.74) is 1.13. The van der Waals surface area contributed by atoms with Gasteiger partial charge in [-0.1, -0.05) is 6.07 Å². The van der Waals surface area contributed by atoms with E-state index in [2.05, 4.69) is 16.4 Å². The topological polar surface area (TPSA) is 76.8 Å². The summed E-state index contributed by atoms with van der Waals surface area (Å²) >= 11 is 0. The summed E-state index contributed by atoms with van der Waals surface area (Å²) in [5, 5.41) is 2.96. The van der Waals surface area contributed by atoms with E-state index in [1.165, 1.54) is 19.1 Å². The van der Waals surface area contributed by atoms with Gasteiger partial charge in [-0.3, -0.25) is 0 Å². The second kappa shape index (κ2) is 7.90. The fraction of sp³-hybridized carbons (Fsp3) is 0.500. The molecule has 1 aliphatic carbocycles. The molecule has 4 rings (SSSR count). The van der Waals surface area contributed by atoms with Crippen LogP contribution in [-0.2, 0) is 6.54 Å². The fourth-order valence-corrected chi connectivity index (χ4v) is 3.81. The highest BCUT2D eigenvalue weighted by atomic mass is 16.5. The monoisotopic (exact) mass is 371 g/mol. The molecule has 1 unspecified atom stereocenters. The Morgan fingerprint density at radius 1 is 1.30 bits per heavy atom. The molecule has 7 heteroatoms. The Balaban J connectivity index is 1.50. The Labute approximate surface area is 158 Å². The highest BCUT2D eigenvalue weighted by Gasteiger charge is 2.28. The van der Waals surface area contributed by atoms with E-state index >= 15 is 0 Å². The van der Waals surface area contributed by atoms with Gasteiger partial charge in [0.2, 0.25) is 5.89 Å². The molecule has 0 radical (unpaired) electrons. The molecule has 27 heavy (non-hydrogen) atoms. The van der Waals surface area contributed by atoms with Crippen molar-refractivity contribution in [3.8, 4) is 11.5 Å². The number of aromatic nitrogens is 1. The Morgan fingerprint density at radius 3 is 2.89 bits per heavy atom. The SMILES string of the molecule is COc1ccc(C2CNC(=O)N(Cc3ncco3)C2)cc1OC1CCCC1. The molecule has 1 aliphatic heterocycles. The normalized spacial score (nSPS) is 20.6. The zero-order valence-corrected chi connectivity index (χ0v) is 15.5. The number of methoxy groups -OCH3 is 1. The van der Waals surface area contributed by atoms with Crippen molar-refractivity contribution in [3.05, 3.63) is 42.1 Å². The lowest BCUT2D eigenvalue weighted by molar-refractivity contribution is 0.170. The molecule has 2 heterocycles. The Morgan fingerprint density at radius 2 is 2.15 bits per heavy atom. The van der Waals surface area contributed by atoms with Crippen LogP contribution in [0.3, 0.4) is 0 Å². The number of amides is 2. The van der Waals surface area contributed by atoms with Crippen molar-refractivity contribution in [2.45, 2.75) is 44.2 Å². The molecule has 1 aromatic carbocycles. The Bertz CT molecular complexity index is 772. The van der Waals surface area contributed by atoms with Gasteiger partial charge in [-0.15, -0.1) is 0 Å². The summed E-state index contributed by atoms with van der Waals surface area (Å²) in [6, 6.07) is 5.96. The van der Waals surface area contributed by atoms with E-state index in [9.17, 15) is 4.79 Å². The molecule has 1 atom stereocenters. The van der Waals surface area contributed by atoms with Gasteiger partial charge < -0.3 is 24.1 Å². The van der Waals surface area contributed by atoms with Gasteiger partial charge in [-0.2, -0.15) is 0 Å². The first-order valence-electron chi connectivity index (χ1n) is 9.48. The number of urea groups is 1. The van der Waals surface area contributed by atoms with Gasteiger partial charge in [-0.05, 0) is 43.4 Å². The molecule has 7 nitrogen and oxygen atoms in total. The van der Waals surface area contributed by atoms with Crippen LogP contribution in [0.1, 0.15) is 43.1 Å². The van der Waals surface area contributed by atoms with E-state index in [-0.39, 0.29) is 18.1 Å². The van der Waals surface area contributed by atoms with Crippen molar-refractivity contribution in [1.29, 1.82) is 0 Å². The van der Waals surface area contributed by atoms with Crippen LogP contribution >= 0.6 is 0 Å². The van der Waals surface area contributed by atoms with Crippen LogP contribution in [0, 0.1) is 0 Å². The zero-order valence-electron chi connectivity index (χ0n) is 15.5. The number of hydrogen-bond acceptors (Lipinski definition) is 5. The zero-order chi connectivity index (χ0) is 18.6. The molecule has 1 N–H and O–H groups in total. The lowest BCUT2D eigenvalue weighted by Gasteiger charge is -2.33. The maximum Gasteiger partial charge on any atom is 0.317 e. The standard InChI is InChI=1S/C20H25N3O4/c1-25-17-7-6-14(10-18(17)27-16-4-2-3-5-16)15-11-22-20(24)23(12-15)13-19-21-8-9-26-19/h6-10,15-16H,2-5,11-13H2,1H3,(H,22,24). The molecule has 2 aromatic rings. The van der Waals surface area contributed by atoms with Gasteiger partial charge >= 0.3 is 6.03 Å². The molecule has 2 amide bonds. The van der Waals surface area contributed by atoms with Crippen molar-refractivity contribution >= 4 is 6.03 Å². The van der Waals surface area contributed by atoms with Gasteiger partial charge in [0.05, 0.1) is 26.0 Å². The molecule has 2 aliphatic rings. The largest absolute Gasteiger partial charge is 0.493 e. The van der Waals surface area contributed by atoms with Gasteiger partial charge in [0.15, 0.2) is 11.5 Å². The summed E-state index contributed by atoms with van der Waals surface area (Å²) in [7, 11) is 1.66. The first-order valence-corrected chi connectivity index (χ1v) is 9.48. The number of ether oxygens (including phenoxy) is 2. The van der Waals surface area contributed by atoms with Gasteiger partial charge in [-0.25, -0.2) is 9.78 Å². The van der Waals surface area contributed by atoms with Gasteiger partial charge in [0.25, 0.3) is 0 Å². The lowest BCUT2D eigenvalue weighted by Crippen LogP contribution is -2.49. The number of hydrogen-bond donors (Lipinski definition) is 1. The van der Waals surface area contributed by atoms with Crippen LogP contribution in [-0.4, -0.2) is 42.2 Å². The number of oxazole rings is 1. The second-order valence-corrected chi connectivity index (χ2v) is 7.12. The summed E-state index contributed by atoms with van der Waals surface area (Å²) < 4.78 is 17.0. The molecule has 1 aromatic heterocycles. The van der Waals surface area contributed by atoms with E-state index in [1.54, 1.807) is 18.2 Å². The van der Waals surface area contributed by atoms with Crippen LogP contribution < -0.4 is 14.8 Å². The molecule has 144 valence electrons.